The highest BCUT2D eigenvalue weighted by molar-refractivity contribution is 7.89. The summed E-state index contributed by atoms with van der Waals surface area (Å²) in [6, 6.07) is 10.4. The molecule has 290 valence electrons. The largest absolute Gasteiger partial charge is 0.419 e. The molecule has 3 aliphatic rings. The number of hydrogen-bond acceptors (Lipinski definition) is 7. The molecule has 3 aromatic rings. The highest BCUT2D eigenvalue weighted by Crippen LogP contribution is 2.35. The molecule has 2 N–H and O–H groups in total. The van der Waals surface area contributed by atoms with Crippen molar-refractivity contribution >= 4 is 33.0 Å². The van der Waals surface area contributed by atoms with Crippen LogP contribution < -0.4 is 24.7 Å². The molecule has 0 spiro atoms. The van der Waals surface area contributed by atoms with Crippen LogP contribution in [0.3, 0.4) is 0 Å². The Labute approximate surface area is 302 Å². The van der Waals surface area contributed by atoms with Crippen molar-refractivity contribution in [2.45, 2.75) is 36.5 Å². The van der Waals surface area contributed by atoms with Gasteiger partial charge in [0.2, 0.25) is 10.0 Å². The van der Waals surface area contributed by atoms with E-state index >= 15 is 0 Å². The number of alkyl halides is 6. The molecular formula is C35H40F8N6O3S. The molecule has 0 unspecified atom stereocenters. The normalized spacial score (nSPS) is 17.4. The molecule has 3 fully saturated rings. The minimum atomic E-state index is -4.77. The summed E-state index contributed by atoms with van der Waals surface area (Å²) in [4.78, 5) is 20.8. The molecule has 3 saturated heterocycles. The van der Waals surface area contributed by atoms with Gasteiger partial charge in [-0.2, -0.15) is 26.3 Å². The Kier molecular flexibility index (Phi) is 12.4. The summed E-state index contributed by atoms with van der Waals surface area (Å²) in [7, 11) is -2.45. The van der Waals surface area contributed by atoms with Gasteiger partial charge in [0.1, 0.15) is 11.6 Å². The van der Waals surface area contributed by atoms with Crippen LogP contribution in [-0.4, -0.2) is 91.7 Å². The maximum absolute atomic E-state index is 14.0. The topological polar surface area (TPSA) is 88.2 Å². The molecule has 3 heterocycles. The molecule has 18 heteroatoms. The lowest BCUT2D eigenvalue weighted by atomic mass is 10.1. The maximum Gasteiger partial charge on any atom is 0.419 e. The van der Waals surface area contributed by atoms with Crippen LogP contribution >= 0.6 is 0 Å². The van der Waals surface area contributed by atoms with E-state index in [1.54, 1.807) is 15.9 Å². The second-order valence-electron chi connectivity index (χ2n) is 12.8. The third kappa shape index (κ3) is 9.69. The quantitative estimate of drug-likeness (QED) is 0.299. The lowest BCUT2D eigenvalue weighted by Crippen LogP contribution is -2.49. The fourth-order valence-corrected chi connectivity index (χ4v) is 7.26. The summed E-state index contributed by atoms with van der Waals surface area (Å²) in [5, 5.41) is 3.12. The third-order valence-corrected chi connectivity index (χ3v) is 10.8. The van der Waals surface area contributed by atoms with Crippen LogP contribution in [0.25, 0.3) is 0 Å². The summed E-state index contributed by atoms with van der Waals surface area (Å²) in [6.07, 6.45) is -6.35. The molecule has 0 aliphatic carbocycles. The Morgan fingerprint density at radius 2 is 1.17 bits per heavy atom. The lowest BCUT2D eigenvalue weighted by molar-refractivity contribution is -0.140. The van der Waals surface area contributed by atoms with Gasteiger partial charge in [0.05, 0.1) is 21.6 Å². The first-order chi connectivity index (χ1) is 25.0. The Morgan fingerprint density at radius 1 is 0.660 bits per heavy atom. The van der Waals surface area contributed by atoms with Crippen molar-refractivity contribution < 1.29 is 48.3 Å². The van der Waals surface area contributed by atoms with Crippen LogP contribution in [0.4, 0.5) is 52.2 Å². The van der Waals surface area contributed by atoms with Crippen molar-refractivity contribution in [2.24, 2.45) is 0 Å². The zero-order valence-corrected chi connectivity index (χ0v) is 29.7. The molecular weight excluding hydrogens is 736 g/mol. The highest BCUT2D eigenvalue weighted by Gasteiger charge is 2.36. The molecule has 6 rings (SSSR count). The fourth-order valence-electron chi connectivity index (χ4n) is 6.50. The standard InChI is InChI=1S/C24H28F4N4O3S.C11H12F4N2/c1-29-36(34,35)18-6-8-22(31-9-3-2-4-10-31)19(16-18)23(33)32-13-11-30(12-14-32)17-5-7-20(21(25)15-17)24(26,27)28;12-10-7-8(17-5-3-16-4-6-17)1-2-9(10)11(13,14)15/h5-8,15-16,29H,2-4,9-14H2,1H3;1-2,7,16H,3-6H2. The molecule has 9 nitrogen and oxygen atoms in total. The van der Waals surface area contributed by atoms with Crippen LogP contribution in [-0.2, 0) is 22.4 Å². The third-order valence-electron chi connectivity index (χ3n) is 9.40. The number of carbonyl (C=O) groups is 1. The Hall–Kier alpha value is -4.16. The lowest BCUT2D eigenvalue weighted by Gasteiger charge is -2.37. The van der Waals surface area contributed by atoms with Crippen molar-refractivity contribution in [3.8, 4) is 0 Å². The molecule has 0 radical (unpaired) electrons. The van der Waals surface area contributed by atoms with Gasteiger partial charge in [-0.15, -0.1) is 0 Å². The molecule has 53 heavy (non-hydrogen) atoms. The molecule has 3 aromatic carbocycles. The number of amides is 1. The van der Waals surface area contributed by atoms with Gasteiger partial charge in [-0.25, -0.2) is 21.9 Å². The summed E-state index contributed by atoms with van der Waals surface area (Å²) in [5.41, 5.74) is -0.747. The molecule has 0 aromatic heterocycles. The Morgan fingerprint density at radius 3 is 1.64 bits per heavy atom. The van der Waals surface area contributed by atoms with Crippen molar-refractivity contribution in [3.63, 3.8) is 0 Å². The van der Waals surface area contributed by atoms with E-state index in [-0.39, 0.29) is 23.9 Å². The summed E-state index contributed by atoms with van der Waals surface area (Å²) < 4.78 is 130. The smallest absolute Gasteiger partial charge is 0.371 e. The zero-order chi connectivity index (χ0) is 38.6. The van der Waals surface area contributed by atoms with Gasteiger partial charge >= 0.3 is 12.4 Å². The number of halogens is 8. The van der Waals surface area contributed by atoms with Gasteiger partial charge in [0, 0.05) is 82.5 Å². The Balaban J connectivity index is 0.000000265. The molecule has 0 bridgehead atoms. The van der Waals surface area contributed by atoms with Crippen LogP contribution in [0.5, 0.6) is 0 Å². The predicted octanol–water partition coefficient (Wildman–Crippen LogP) is 5.96. The van der Waals surface area contributed by atoms with Gasteiger partial charge < -0.3 is 24.9 Å². The van der Waals surface area contributed by atoms with Crippen molar-refractivity contribution in [1.82, 2.24) is 14.9 Å². The van der Waals surface area contributed by atoms with Crippen molar-refractivity contribution in [1.29, 1.82) is 0 Å². The minimum absolute atomic E-state index is 0.00650. The molecule has 1 amide bonds. The minimum Gasteiger partial charge on any atom is -0.371 e. The number of piperidine rings is 1. The van der Waals surface area contributed by atoms with E-state index in [0.717, 1.165) is 69.7 Å². The summed E-state index contributed by atoms with van der Waals surface area (Å²) >= 11 is 0. The first-order valence-corrected chi connectivity index (χ1v) is 18.5. The molecule has 0 saturated carbocycles. The van der Waals surface area contributed by atoms with E-state index in [9.17, 15) is 48.3 Å². The first-order valence-electron chi connectivity index (χ1n) is 17.1. The number of nitrogens with one attached hydrogen (secondary N) is 2. The SMILES string of the molecule is CNS(=O)(=O)c1ccc(N2CCCCC2)c(C(=O)N2CCN(c3ccc(C(F)(F)F)c(F)c3)CC2)c1.Fc1cc(N2CCNCC2)ccc1C(F)(F)F. The maximum atomic E-state index is 14.0. The van der Waals surface area contributed by atoms with E-state index in [4.69, 9.17) is 0 Å². The summed E-state index contributed by atoms with van der Waals surface area (Å²) in [5.74, 6) is -2.87. The van der Waals surface area contributed by atoms with Crippen LogP contribution in [0, 0.1) is 11.6 Å². The molecule has 0 atom stereocenters. The van der Waals surface area contributed by atoms with E-state index in [1.165, 1.54) is 31.3 Å². The number of benzene rings is 3. The number of anilines is 3. The average molecular weight is 777 g/mol. The van der Waals surface area contributed by atoms with Crippen molar-refractivity contribution in [3.05, 3.63) is 82.9 Å². The van der Waals surface area contributed by atoms with Gasteiger partial charge in [0.25, 0.3) is 5.91 Å². The van der Waals surface area contributed by atoms with Gasteiger partial charge in [0.15, 0.2) is 0 Å². The van der Waals surface area contributed by atoms with E-state index in [2.05, 4.69) is 14.9 Å². The second kappa shape index (κ2) is 16.5. The number of sulfonamides is 1. The van der Waals surface area contributed by atoms with E-state index in [0.29, 0.717) is 48.8 Å². The van der Waals surface area contributed by atoms with Crippen molar-refractivity contribution in [2.75, 3.05) is 87.2 Å². The predicted molar refractivity (Wildman–Crippen MR) is 185 cm³/mol. The fraction of sp³-hybridized carbons (Fsp3) is 0.457. The van der Waals surface area contributed by atoms with Gasteiger partial charge in [-0.3, -0.25) is 4.79 Å². The highest BCUT2D eigenvalue weighted by atomic mass is 32.2. The zero-order valence-electron chi connectivity index (χ0n) is 28.8. The average Bonchev–Trinajstić information content (AvgIpc) is 3.14. The van der Waals surface area contributed by atoms with Crippen LogP contribution in [0.15, 0.2) is 59.5 Å². The number of rotatable bonds is 6. The number of piperazine rings is 2. The first kappa shape index (κ1) is 40.0. The van der Waals surface area contributed by atoms with Gasteiger partial charge in [-0.1, -0.05) is 0 Å². The number of carbonyl (C=O) groups excluding carboxylic acids is 1. The monoisotopic (exact) mass is 776 g/mol. The van der Waals surface area contributed by atoms with Gasteiger partial charge in [-0.05, 0) is 80.9 Å². The van der Waals surface area contributed by atoms with E-state index < -0.39 is 45.1 Å². The van der Waals surface area contributed by atoms with Crippen LogP contribution in [0.2, 0.25) is 0 Å². The Bertz CT molecular complexity index is 1860. The summed E-state index contributed by atoms with van der Waals surface area (Å²) in [6.45, 7) is 5.49. The number of nitrogens with zero attached hydrogens (tertiary/aromatic N) is 4. The van der Waals surface area contributed by atoms with Crippen LogP contribution in [0.1, 0.15) is 40.7 Å². The molecule has 3 aliphatic heterocycles. The second-order valence-corrected chi connectivity index (χ2v) is 14.7. The van der Waals surface area contributed by atoms with E-state index in [1.807, 2.05) is 4.90 Å². The number of hydrogen-bond donors (Lipinski definition) is 2.